The van der Waals surface area contributed by atoms with Crippen molar-refractivity contribution in [1.29, 1.82) is 0 Å². The minimum Gasteiger partial charge on any atom is -0.260 e. The predicted molar refractivity (Wildman–Crippen MR) is 34.7 cm³/mol. The number of hydrogen-bond donors (Lipinski definition) is 0. The van der Waals surface area contributed by atoms with E-state index in [-0.39, 0.29) is 1.43 Å². The Morgan fingerprint density at radius 1 is 1.11 bits per heavy atom. The molecule has 1 aliphatic rings. The van der Waals surface area contributed by atoms with Gasteiger partial charge < -0.3 is 0 Å². The van der Waals surface area contributed by atoms with Gasteiger partial charge in [-0.15, -0.1) is 0 Å². The zero-order chi connectivity index (χ0) is 6.10. The van der Waals surface area contributed by atoms with Crippen LogP contribution in [0.15, 0.2) is 34.3 Å². The Kier molecular flexibility index (Phi) is 0.859. The van der Waals surface area contributed by atoms with E-state index in [0.29, 0.717) is 6.67 Å². The highest BCUT2D eigenvalue weighted by Crippen LogP contribution is 1.77. The van der Waals surface area contributed by atoms with Crippen LogP contribution in [0.2, 0.25) is 0 Å². The Morgan fingerprint density at radius 3 is 2.22 bits per heavy atom. The van der Waals surface area contributed by atoms with Gasteiger partial charge in [0.05, 0.1) is 10.7 Å². The first-order valence-corrected chi connectivity index (χ1v) is 2.91. The summed E-state index contributed by atoms with van der Waals surface area (Å²) in [5.41, 5.74) is 0. The van der Waals surface area contributed by atoms with Crippen molar-refractivity contribution in [3.05, 3.63) is 35.0 Å². The van der Waals surface area contributed by atoms with Crippen molar-refractivity contribution >= 4 is 0 Å². The maximum Gasteiger partial charge on any atom is 1.00 e. The number of nitrogens with zero attached hydrogens (tertiary/aromatic N) is 2. The Morgan fingerprint density at radius 2 is 1.67 bits per heavy atom. The lowest BCUT2D eigenvalue weighted by Crippen LogP contribution is -2.19. The van der Waals surface area contributed by atoms with Gasteiger partial charge in [-0.3, -0.25) is 9.98 Å². The molecule has 0 saturated heterocycles. The molecule has 0 amide bonds. The quantitative estimate of drug-likeness (QED) is 0.459. The lowest BCUT2D eigenvalue weighted by atomic mass is 10.3. The van der Waals surface area contributed by atoms with Gasteiger partial charge in [0.15, 0.2) is 0 Å². The van der Waals surface area contributed by atoms with E-state index in [1.165, 1.54) is 0 Å². The number of para-hydroxylation sites is 2. The van der Waals surface area contributed by atoms with Crippen LogP contribution in [-0.4, -0.2) is 6.67 Å². The Bertz CT molecular complexity index is 299. The average molecular weight is 119 g/mol. The van der Waals surface area contributed by atoms with Crippen molar-refractivity contribution in [1.82, 2.24) is 0 Å². The Hall–Kier alpha value is -1.18. The zero-order valence-corrected chi connectivity index (χ0v) is 4.91. The number of benzene rings is 1. The van der Waals surface area contributed by atoms with Gasteiger partial charge in [-0.1, -0.05) is 12.1 Å². The molecular formula is C7H7N2+. The molecule has 2 rings (SSSR count). The summed E-state index contributed by atoms with van der Waals surface area (Å²) in [6.07, 6.45) is 0. The summed E-state index contributed by atoms with van der Waals surface area (Å²) < 4.78 is 0. The normalized spacial score (nSPS) is 13.8. The first-order valence-electron chi connectivity index (χ1n) is 2.91. The van der Waals surface area contributed by atoms with Crippen LogP contribution in [0.1, 0.15) is 1.43 Å². The van der Waals surface area contributed by atoms with Gasteiger partial charge in [0.25, 0.3) is 0 Å². The molecule has 0 radical (unpaired) electrons. The summed E-state index contributed by atoms with van der Waals surface area (Å²) in [5, 5.41) is 2.05. The van der Waals surface area contributed by atoms with Crippen LogP contribution in [0.3, 0.4) is 0 Å². The van der Waals surface area contributed by atoms with Crippen LogP contribution >= 0.6 is 0 Å². The molecule has 9 heavy (non-hydrogen) atoms. The van der Waals surface area contributed by atoms with Crippen LogP contribution < -0.4 is 10.7 Å². The maximum atomic E-state index is 4.13. The molecule has 0 bridgehead atoms. The van der Waals surface area contributed by atoms with E-state index < -0.39 is 0 Å². The number of hydrogen-bond acceptors (Lipinski definition) is 2. The second kappa shape index (κ2) is 1.65. The monoisotopic (exact) mass is 119 g/mol. The third-order valence-corrected chi connectivity index (χ3v) is 1.36. The summed E-state index contributed by atoms with van der Waals surface area (Å²) in [6.45, 7) is 0.610. The van der Waals surface area contributed by atoms with Gasteiger partial charge in [-0.25, -0.2) is 0 Å². The highest BCUT2D eigenvalue weighted by Gasteiger charge is 1.90. The van der Waals surface area contributed by atoms with Crippen molar-refractivity contribution in [3.63, 3.8) is 0 Å². The summed E-state index contributed by atoms with van der Waals surface area (Å²) in [5.74, 6) is 0. The average Bonchev–Trinajstić information content (AvgIpc) is 2.33. The SMILES string of the molecule is [H+].c1ccc2c(c1)=NCN=2. The smallest absolute Gasteiger partial charge is 0.260 e. The molecule has 0 saturated carbocycles. The van der Waals surface area contributed by atoms with Crippen molar-refractivity contribution in [2.75, 3.05) is 6.67 Å². The Balaban J connectivity index is 0.000000500. The van der Waals surface area contributed by atoms with E-state index in [9.17, 15) is 0 Å². The first kappa shape index (κ1) is 4.68. The molecular weight excluding hydrogens is 112 g/mol. The lowest BCUT2D eigenvalue weighted by Gasteiger charge is -1.76. The molecule has 1 aromatic rings. The molecule has 0 unspecified atom stereocenters. The van der Waals surface area contributed by atoms with Gasteiger partial charge in [0, 0.05) is 0 Å². The van der Waals surface area contributed by atoms with E-state index in [1.54, 1.807) is 0 Å². The Labute approximate surface area is 54.1 Å². The highest BCUT2D eigenvalue weighted by atomic mass is 15.0. The molecule has 0 spiro atoms. The number of fused-ring (bicyclic) bond motifs is 1. The van der Waals surface area contributed by atoms with Crippen LogP contribution in [0.4, 0.5) is 0 Å². The molecule has 0 N–H and O–H groups in total. The molecule has 44 valence electrons. The van der Waals surface area contributed by atoms with Gasteiger partial charge in [-0.2, -0.15) is 0 Å². The van der Waals surface area contributed by atoms with Crippen molar-refractivity contribution in [3.8, 4) is 0 Å². The summed E-state index contributed by atoms with van der Waals surface area (Å²) in [7, 11) is 0. The van der Waals surface area contributed by atoms with Crippen LogP contribution in [0.25, 0.3) is 0 Å². The fourth-order valence-corrected chi connectivity index (χ4v) is 0.919. The first-order chi connectivity index (χ1) is 4.47. The standard InChI is InChI=1S/C7H6N2/c1-2-4-7-6(3-1)8-5-9-7/h1-4H,5H2/p+1. The molecule has 0 fully saturated rings. The fraction of sp³-hybridized carbons (Fsp3) is 0.143. The van der Waals surface area contributed by atoms with E-state index in [2.05, 4.69) is 9.98 Å². The van der Waals surface area contributed by atoms with Crippen molar-refractivity contribution < 1.29 is 1.43 Å². The third kappa shape index (κ3) is 0.633. The molecule has 1 heterocycles. The summed E-state index contributed by atoms with van der Waals surface area (Å²) in [4.78, 5) is 8.27. The van der Waals surface area contributed by atoms with E-state index >= 15 is 0 Å². The van der Waals surface area contributed by atoms with Crippen molar-refractivity contribution in [2.45, 2.75) is 0 Å². The van der Waals surface area contributed by atoms with Crippen LogP contribution in [0, 0.1) is 0 Å². The van der Waals surface area contributed by atoms with Gasteiger partial charge in [-0.05, 0) is 12.1 Å². The van der Waals surface area contributed by atoms with Crippen LogP contribution in [-0.2, 0) is 0 Å². The maximum absolute atomic E-state index is 4.13. The van der Waals surface area contributed by atoms with Crippen LogP contribution in [0.5, 0.6) is 0 Å². The van der Waals surface area contributed by atoms with Gasteiger partial charge >= 0.3 is 1.43 Å². The second-order valence-electron chi connectivity index (χ2n) is 1.95. The van der Waals surface area contributed by atoms with E-state index in [0.717, 1.165) is 10.7 Å². The van der Waals surface area contributed by atoms with Crippen molar-refractivity contribution in [2.24, 2.45) is 9.98 Å². The molecule has 2 nitrogen and oxygen atoms in total. The summed E-state index contributed by atoms with van der Waals surface area (Å²) >= 11 is 0. The third-order valence-electron chi connectivity index (χ3n) is 1.36. The predicted octanol–water partition coefficient (Wildman–Crippen LogP) is 0.00940. The molecule has 1 aromatic carbocycles. The molecule has 0 aliphatic carbocycles. The summed E-state index contributed by atoms with van der Waals surface area (Å²) in [6, 6.07) is 7.91. The molecule has 2 heteroatoms. The minimum absolute atomic E-state index is 0. The van der Waals surface area contributed by atoms with Gasteiger partial charge in [0.1, 0.15) is 6.67 Å². The topological polar surface area (TPSA) is 24.7 Å². The highest BCUT2D eigenvalue weighted by molar-refractivity contribution is 5.02. The zero-order valence-electron chi connectivity index (χ0n) is 5.91. The fourth-order valence-electron chi connectivity index (χ4n) is 0.919. The largest absolute Gasteiger partial charge is 1.00 e. The molecule has 0 aromatic heterocycles. The molecule has 0 atom stereocenters. The van der Waals surface area contributed by atoms with E-state index in [1.807, 2.05) is 24.3 Å². The molecule has 1 aliphatic heterocycles. The number of rotatable bonds is 0. The van der Waals surface area contributed by atoms with Gasteiger partial charge in [0.2, 0.25) is 0 Å². The minimum atomic E-state index is 0. The van der Waals surface area contributed by atoms with E-state index in [4.69, 9.17) is 0 Å². The lowest BCUT2D eigenvalue weighted by molar-refractivity contribution is 1.06. The second-order valence-corrected chi connectivity index (χ2v) is 1.95.